The molecule has 3 aromatic rings. The van der Waals surface area contributed by atoms with Crippen LogP contribution < -0.4 is 20.3 Å². The maximum absolute atomic E-state index is 13.1. The predicted octanol–water partition coefficient (Wildman–Crippen LogP) is 5.39. The average molecular weight is 566 g/mol. The Kier molecular flexibility index (Phi) is 8.41. The maximum Gasteiger partial charge on any atom is 0.417 e. The van der Waals surface area contributed by atoms with Crippen LogP contribution in [0.25, 0.3) is 11.4 Å². The Bertz CT molecular complexity index is 1380. The third-order valence-electron chi connectivity index (χ3n) is 5.56. The van der Waals surface area contributed by atoms with Gasteiger partial charge < -0.3 is 30.1 Å². The molecule has 3 N–H and O–H groups in total. The number of nitrogens with zero attached hydrogens (tertiary/aromatic N) is 3. The molecule has 14 heteroatoms. The molecule has 0 aliphatic carbocycles. The molecule has 1 aliphatic rings. The highest BCUT2D eigenvalue weighted by atomic mass is 35.5. The highest BCUT2D eigenvalue weighted by molar-refractivity contribution is 6.31. The second kappa shape index (κ2) is 11.7. The summed E-state index contributed by atoms with van der Waals surface area (Å²) >= 11 is 5.63. The van der Waals surface area contributed by atoms with E-state index in [-0.39, 0.29) is 35.2 Å². The number of benzene rings is 2. The van der Waals surface area contributed by atoms with Crippen LogP contribution in [0.3, 0.4) is 0 Å². The van der Waals surface area contributed by atoms with Crippen LogP contribution >= 0.6 is 11.6 Å². The summed E-state index contributed by atoms with van der Waals surface area (Å²) < 4.78 is 50.4. The predicted molar refractivity (Wildman–Crippen MR) is 138 cm³/mol. The Morgan fingerprint density at radius 3 is 2.44 bits per heavy atom. The monoisotopic (exact) mass is 565 g/mol. The van der Waals surface area contributed by atoms with Crippen LogP contribution in [-0.4, -0.2) is 60.0 Å². The molecule has 4 rings (SSSR count). The van der Waals surface area contributed by atoms with Crippen LogP contribution in [0.2, 0.25) is 5.02 Å². The molecule has 206 valence electrons. The van der Waals surface area contributed by atoms with Crippen molar-refractivity contribution in [3.63, 3.8) is 0 Å². The van der Waals surface area contributed by atoms with Gasteiger partial charge in [0.2, 0.25) is 0 Å². The summed E-state index contributed by atoms with van der Waals surface area (Å²) in [5.41, 5.74) is -0.864. The van der Waals surface area contributed by atoms with Gasteiger partial charge in [-0.25, -0.2) is 19.6 Å². The van der Waals surface area contributed by atoms with E-state index in [0.29, 0.717) is 37.7 Å². The van der Waals surface area contributed by atoms with E-state index < -0.39 is 28.8 Å². The summed E-state index contributed by atoms with van der Waals surface area (Å²) in [7, 11) is 0. The number of hydrogen-bond donors (Lipinski definition) is 3. The summed E-state index contributed by atoms with van der Waals surface area (Å²) in [6.45, 7) is 3.72. The number of halogens is 4. The smallest absolute Gasteiger partial charge is 0.417 e. The number of hydrogen-bond acceptors (Lipinski definition) is 7. The number of alkyl halides is 3. The Morgan fingerprint density at radius 2 is 1.79 bits per heavy atom. The van der Waals surface area contributed by atoms with Gasteiger partial charge in [0, 0.05) is 30.0 Å². The van der Waals surface area contributed by atoms with Crippen molar-refractivity contribution in [1.29, 1.82) is 0 Å². The van der Waals surface area contributed by atoms with E-state index >= 15 is 0 Å². The van der Waals surface area contributed by atoms with Gasteiger partial charge >= 0.3 is 18.2 Å². The summed E-state index contributed by atoms with van der Waals surface area (Å²) in [5.74, 6) is -0.868. The Labute approximate surface area is 225 Å². The molecule has 10 nitrogen and oxygen atoms in total. The number of carboxylic acids is 1. The minimum absolute atomic E-state index is 0.0468. The molecular weight excluding hydrogens is 543 g/mol. The van der Waals surface area contributed by atoms with Crippen molar-refractivity contribution in [3.05, 3.63) is 58.7 Å². The van der Waals surface area contributed by atoms with Crippen molar-refractivity contribution < 1.29 is 37.3 Å². The van der Waals surface area contributed by atoms with Crippen molar-refractivity contribution in [1.82, 2.24) is 9.97 Å². The van der Waals surface area contributed by atoms with Gasteiger partial charge in [0.05, 0.1) is 30.4 Å². The van der Waals surface area contributed by atoms with Gasteiger partial charge in [-0.15, -0.1) is 0 Å². The Morgan fingerprint density at radius 1 is 1.10 bits per heavy atom. The van der Waals surface area contributed by atoms with E-state index in [4.69, 9.17) is 21.1 Å². The number of morpholine rings is 1. The molecule has 0 atom stereocenters. The number of carbonyl (C=O) groups excluding carboxylic acids is 1. The summed E-state index contributed by atoms with van der Waals surface area (Å²) in [6, 6.07) is 8.46. The largest absolute Gasteiger partial charge is 0.488 e. The lowest BCUT2D eigenvalue weighted by Gasteiger charge is -2.29. The lowest BCUT2D eigenvalue weighted by molar-refractivity contribution is -0.137. The van der Waals surface area contributed by atoms with Gasteiger partial charge in [-0.1, -0.05) is 23.7 Å². The lowest BCUT2D eigenvalue weighted by atomic mass is 10.1. The van der Waals surface area contributed by atoms with Crippen LogP contribution in [0.15, 0.2) is 42.5 Å². The molecule has 2 aromatic carbocycles. The van der Waals surface area contributed by atoms with Crippen molar-refractivity contribution in [3.8, 4) is 17.1 Å². The van der Waals surface area contributed by atoms with Crippen LogP contribution in [0.5, 0.6) is 5.75 Å². The molecule has 2 amide bonds. The van der Waals surface area contributed by atoms with E-state index in [1.165, 1.54) is 12.1 Å². The Balaban J connectivity index is 1.62. The van der Waals surface area contributed by atoms with E-state index in [9.17, 15) is 27.9 Å². The lowest BCUT2D eigenvalue weighted by Crippen LogP contribution is -2.37. The van der Waals surface area contributed by atoms with Crippen LogP contribution in [0, 0.1) is 0 Å². The van der Waals surface area contributed by atoms with E-state index in [1.807, 2.05) is 4.90 Å². The SMILES string of the molecule is CCOc1c(C(=O)O)nc(-c2cccc(NC(=O)Nc3ccc(Cl)c(C(F)(F)F)c3)c2)nc1N1CCOCC1. The molecule has 0 spiro atoms. The zero-order chi connectivity index (χ0) is 28.2. The summed E-state index contributed by atoms with van der Waals surface area (Å²) in [5, 5.41) is 14.2. The van der Waals surface area contributed by atoms with Gasteiger partial charge in [0.1, 0.15) is 0 Å². The zero-order valence-corrected chi connectivity index (χ0v) is 21.3. The quantitative estimate of drug-likeness (QED) is 0.348. The molecular formula is C25H23ClF3N5O5. The van der Waals surface area contributed by atoms with Gasteiger partial charge in [-0.3, -0.25) is 0 Å². The van der Waals surface area contributed by atoms with Crippen molar-refractivity contribution in [2.24, 2.45) is 0 Å². The second-order valence-corrected chi connectivity index (χ2v) is 8.65. The van der Waals surface area contributed by atoms with E-state index in [2.05, 4.69) is 20.6 Å². The average Bonchev–Trinajstić information content (AvgIpc) is 2.90. The number of carboxylic acid groups (broad SMARTS) is 1. The van der Waals surface area contributed by atoms with Crippen molar-refractivity contribution >= 4 is 40.8 Å². The third-order valence-corrected chi connectivity index (χ3v) is 5.89. The van der Waals surface area contributed by atoms with Gasteiger partial charge in [-0.05, 0) is 37.3 Å². The molecule has 1 fully saturated rings. The minimum Gasteiger partial charge on any atom is -0.488 e. The number of carbonyl (C=O) groups is 2. The topological polar surface area (TPSA) is 126 Å². The van der Waals surface area contributed by atoms with Crippen molar-refractivity contribution in [2.75, 3.05) is 48.4 Å². The molecule has 0 bridgehead atoms. The number of amides is 2. The first-order valence-electron chi connectivity index (χ1n) is 11.7. The number of nitrogens with one attached hydrogen (secondary N) is 2. The minimum atomic E-state index is -4.69. The fourth-order valence-electron chi connectivity index (χ4n) is 3.83. The van der Waals surface area contributed by atoms with Crippen LogP contribution in [0.4, 0.5) is 35.2 Å². The van der Waals surface area contributed by atoms with Gasteiger partial charge in [0.15, 0.2) is 23.1 Å². The fourth-order valence-corrected chi connectivity index (χ4v) is 4.05. The molecule has 39 heavy (non-hydrogen) atoms. The van der Waals surface area contributed by atoms with Crippen LogP contribution in [0.1, 0.15) is 23.0 Å². The molecule has 1 saturated heterocycles. The number of rotatable bonds is 7. The van der Waals surface area contributed by atoms with Gasteiger partial charge in [0.25, 0.3) is 0 Å². The number of anilines is 3. The molecule has 1 aromatic heterocycles. The van der Waals surface area contributed by atoms with Crippen LogP contribution in [-0.2, 0) is 10.9 Å². The van der Waals surface area contributed by atoms with Crippen molar-refractivity contribution in [2.45, 2.75) is 13.1 Å². The highest BCUT2D eigenvalue weighted by Gasteiger charge is 2.33. The molecule has 2 heterocycles. The zero-order valence-electron chi connectivity index (χ0n) is 20.5. The normalized spacial score (nSPS) is 13.6. The number of aromatic carboxylic acids is 1. The second-order valence-electron chi connectivity index (χ2n) is 8.24. The summed E-state index contributed by atoms with van der Waals surface area (Å²) in [6.07, 6.45) is -4.69. The van der Waals surface area contributed by atoms with Gasteiger partial charge in [-0.2, -0.15) is 13.2 Å². The first-order valence-corrected chi connectivity index (χ1v) is 12.1. The molecule has 1 aliphatic heterocycles. The first-order chi connectivity index (χ1) is 18.6. The first kappa shape index (κ1) is 27.9. The van der Waals surface area contributed by atoms with E-state index in [0.717, 1.165) is 12.1 Å². The standard InChI is InChI=1S/C25H23ClF3N5O5/c1-2-39-20-19(23(35)36)32-21(33-22(20)34-8-10-38-11-9-34)14-4-3-5-15(12-14)30-24(37)31-16-6-7-18(26)17(13-16)25(27,28)29/h3-7,12-13H,2,8-11H2,1H3,(H,35,36)(H2,30,31,37). The van der Waals surface area contributed by atoms with E-state index in [1.54, 1.807) is 25.1 Å². The maximum atomic E-state index is 13.1. The number of urea groups is 1. The number of aromatic nitrogens is 2. The summed E-state index contributed by atoms with van der Waals surface area (Å²) in [4.78, 5) is 35.2. The Hall–Kier alpha value is -4.10. The molecule has 0 unspecified atom stereocenters. The highest BCUT2D eigenvalue weighted by Crippen LogP contribution is 2.36. The fraction of sp³-hybridized carbons (Fsp3) is 0.280. The third kappa shape index (κ3) is 6.67. The molecule has 0 radical (unpaired) electrons. The molecule has 0 saturated carbocycles. The number of ether oxygens (including phenoxy) is 2.